The van der Waals surface area contributed by atoms with E-state index in [1.54, 1.807) is 14.1 Å². The summed E-state index contributed by atoms with van der Waals surface area (Å²) in [6.45, 7) is 0.269. The van der Waals surface area contributed by atoms with Gasteiger partial charge in [-0.05, 0) is 17.7 Å². The molecule has 0 saturated carbocycles. The number of hydrogen-bond acceptors (Lipinski definition) is 4. The van der Waals surface area contributed by atoms with Gasteiger partial charge in [-0.3, -0.25) is 15.1 Å². The van der Waals surface area contributed by atoms with Gasteiger partial charge in [-0.2, -0.15) is 0 Å². The topological polar surface area (TPSA) is 99.8 Å². The summed E-state index contributed by atoms with van der Waals surface area (Å²) in [6, 6.07) is 5.80. The molecular weight excluding hydrogens is 236 g/mol. The average molecular weight is 252 g/mol. The highest BCUT2D eigenvalue weighted by Gasteiger charge is 2.10. The summed E-state index contributed by atoms with van der Waals surface area (Å²) in [5, 5.41) is 26.1. The molecule has 0 unspecified atom stereocenters. The van der Waals surface area contributed by atoms with Gasteiger partial charge < -0.3 is 15.7 Å². The highest BCUT2D eigenvalue weighted by molar-refractivity contribution is 5.79. The molecule has 0 aromatic heterocycles. The fraction of sp³-hybridized carbons (Fsp3) is 0.364. The molecule has 0 amide bonds. The summed E-state index contributed by atoms with van der Waals surface area (Å²) in [7, 11) is 3.34. The lowest BCUT2D eigenvalue weighted by molar-refractivity contribution is -0.384. The van der Waals surface area contributed by atoms with Crippen molar-refractivity contribution < 1.29 is 10.0 Å². The lowest BCUT2D eigenvalue weighted by Gasteiger charge is -2.13. The number of non-ortho nitro benzene ring substituents is 1. The summed E-state index contributed by atoms with van der Waals surface area (Å²) in [5.41, 5.74) is 0.615. The molecule has 1 atom stereocenters. The molecule has 0 spiro atoms. The summed E-state index contributed by atoms with van der Waals surface area (Å²) >= 11 is 0. The molecule has 0 radical (unpaired) electrons. The molecule has 7 heteroatoms. The first kappa shape index (κ1) is 13.9. The van der Waals surface area contributed by atoms with Gasteiger partial charge in [0.25, 0.3) is 5.69 Å². The van der Waals surface area contributed by atoms with E-state index in [-0.39, 0.29) is 12.2 Å². The summed E-state index contributed by atoms with van der Waals surface area (Å²) < 4.78 is 0. The third-order valence-corrected chi connectivity index (χ3v) is 2.41. The molecule has 3 N–H and O–H groups in total. The Labute approximate surface area is 105 Å². The Morgan fingerprint density at radius 1 is 1.50 bits per heavy atom. The Bertz CT molecular complexity index is 430. The van der Waals surface area contributed by atoms with Crippen LogP contribution in [0, 0.1) is 10.1 Å². The Morgan fingerprint density at radius 2 is 2.11 bits per heavy atom. The number of benzene rings is 1. The van der Waals surface area contributed by atoms with Crippen molar-refractivity contribution in [3.8, 4) is 0 Å². The van der Waals surface area contributed by atoms with Gasteiger partial charge in [0.2, 0.25) is 0 Å². The molecule has 0 aliphatic heterocycles. The second-order valence-electron chi connectivity index (χ2n) is 3.57. The van der Waals surface area contributed by atoms with Crippen LogP contribution >= 0.6 is 0 Å². The van der Waals surface area contributed by atoms with Crippen LogP contribution in [0.3, 0.4) is 0 Å². The third-order valence-electron chi connectivity index (χ3n) is 2.41. The molecule has 1 aromatic carbocycles. The predicted octanol–water partition coefficient (Wildman–Crippen LogP) is 0.423. The molecule has 1 rings (SSSR count). The Morgan fingerprint density at radius 3 is 2.56 bits per heavy atom. The molecule has 0 aliphatic carbocycles. The first-order chi connectivity index (χ1) is 8.58. The predicted molar refractivity (Wildman–Crippen MR) is 68.5 cm³/mol. The Kier molecular flexibility index (Phi) is 5.06. The Hall–Kier alpha value is -2.15. The fourth-order valence-corrected chi connectivity index (χ4v) is 1.41. The number of hydrogen-bond donors (Lipinski definition) is 3. The number of nitrogens with one attached hydrogen (secondary N) is 2. The molecule has 0 bridgehead atoms. The molecule has 0 heterocycles. The van der Waals surface area contributed by atoms with Crippen molar-refractivity contribution in [3.63, 3.8) is 0 Å². The van der Waals surface area contributed by atoms with Crippen molar-refractivity contribution >= 4 is 11.6 Å². The van der Waals surface area contributed by atoms with Crippen molar-refractivity contribution in [1.82, 2.24) is 10.6 Å². The zero-order valence-electron chi connectivity index (χ0n) is 10.3. The van der Waals surface area contributed by atoms with Crippen molar-refractivity contribution in [1.29, 1.82) is 0 Å². The highest BCUT2D eigenvalue weighted by atomic mass is 16.6. The first-order valence-corrected chi connectivity index (χ1v) is 5.39. The molecule has 0 aliphatic rings. The van der Waals surface area contributed by atoms with Crippen LogP contribution in [0.25, 0.3) is 0 Å². The maximum absolute atomic E-state index is 10.5. The summed E-state index contributed by atoms with van der Waals surface area (Å²) in [4.78, 5) is 13.9. The standard InChI is InChI=1S/C11H16N4O3/c1-12-11(13-2)14-7-10(16)8-3-5-9(6-4-8)15(17)18/h3-6,10,16H,7H2,1-2H3,(H2,12,13,14)/t10-/m1/s1. The van der Waals surface area contributed by atoms with Crippen LogP contribution < -0.4 is 10.6 Å². The molecule has 7 nitrogen and oxygen atoms in total. The third kappa shape index (κ3) is 3.70. The van der Waals surface area contributed by atoms with Crippen LogP contribution in [0.5, 0.6) is 0 Å². The van der Waals surface area contributed by atoms with Crippen LogP contribution in [0.15, 0.2) is 29.3 Å². The second kappa shape index (κ2) is 6.55. The van der Waals surface area contributed by atoms with E-state index < -0.39 is 11.0 Å². The van der Waals surface area contributed by atoms with E-state index >= 15 is 0 Å². The Balaban J connectivity index is 2.61. The van der Waals surface area contributed by atoms with Crippen LogP contribution in [-0.2, 0) is 0 Å². The van der Waals surface area contributed by atoms with Crippen LogP contribution in [0.1, 0.15) is 11.7 Å². The lowest BCUT2D eigenvalue weighted by atomic mass is 10.1. The fourth-order valence-electron chi connectivity index (χ4n) is 1.41. The number of rotatable bonds is 4. The van der Waals surface area contributed by atoms with Gasteiger partial charge in [0, 0.05) is 32.8 Å². The number of guanidine groups is 1. The first-order valence-electron chi connectivity index (χ1n) is 5.39. The van der Waals surface area contributed by atoms with E-state index in [2.05, 4.69) is 15.6 Å². The van der Waals surface area contributed by atoms with E-state index in [0.29, 0.717) is 11.5 Å². The number of aliphatic imine (C=N–C) groups is 1. The van der Waals surface area contributed by atoms with Crippen molar-refractivity contribution in [2.45, 2.75) is 6.10 Å². The zero-order chi connectivity index (χ0) is 13.5. The smallest absolute Gasteiger partial charge is 0.269 e. The van der Waals surface area contributed by atoms with Crippen molar-refractivity contribution in [3.05, 3.63) is 39.9 Å². The lowest BCUT2D eigenvalue weighted by Crippen LogP contribution is -2.37. The summed E-state index contributed by atoms with van der Waals surface area (Å²) in [6.07, 6.45) is -0.754. The summed E-state index contributed by atoms with van der Waals surface area (Å²) in [5.74, 6) is 0.566. The number of aliphatic hydroxyl groups excluding tert-OH is 1. The van der Waals surface area contributed by atoms with Gasteiger partial charge in [0.05, 0.1) is 11.0 Å². The molecule has 0 saturated heterocycles. The normalized spacial score (nSPS) is 12.9. The minimum atomic E-state index is -0.754. The largest absolute Gasteiger partial charge is 0.387 e. The van der Waals surface area contributed by atoms with Gasteiger partial charge in [-0.1, -0.05) is 0 Å². The van der Waals surface area contributed by atoms with Crippen LogP contribution in [-0.4, -0.2) is 36.6 Å². The molecular formula is C11H16N4O3. The highest BCUT2D eigenvalue weighted by Crippen LogP contribution is 2.17. The van der Waals surface area contributed by atoms with Gasteiger partial charge in [-0.25, -0.2) is 0 Å². The van der Waals surface area contributed by atoms with E-state index in [1.807, 2.05) is 0 Å². The molecule has 98 valence electrons. The van der Waals surface area contributed by atoms with Gasteiger partial charge in [0.15, 0.2) is 5.96 Å². The number of aliphatic hydroxyl groups is 1. The number of nitro groups is 1. The van der Waals surface area contributed by atoms with E-state index in [4.69, 9.17) is 0 Å². The minimum absolute atomic E-state index is 0.00458. The van der Waals surface area contributed by atoms with Crippen LogP contribution in [0.4, 0.5) is 5.69 Å². The maximum atomic E-state index is 10.5. The van der Waals surface area contributed by atoms with E-state index in [1.165, 1.54) is 24.3 Å². The quantitative estimate of drug-likeness (QED) is 0.312. The maximum Gasteiger partial charge on any atom is 0.269 e. The van der Waals surface area contributed by atoms with Gasteiger partial charge >= 0.3 is 0 Å². The molecule has 0 fully saturated rings. The average Bonchev–Trinajstić information content (AvgIpc) is 2.39. The van der Waals surface area contributed by atoms with Crippen LogP contribution in [0.2, 0.25) is 0 Å². The zero-order valence-corrected chi connectivity index (χ0v) is 10.3. The number of nitro benzene ring substituents is 1. The number of nitrogens with zero attached hydrogens (tertiary/aromatic N) is 2. The van der Waals surface area contributed by atoms with E-state index in [9.17, 15) is 15.2 Å². The molecule has 18 heavy (non-hydrogen) atoms. The van der Waals surface area contributed by atoms with E-state index in [0.717, 1.165) is 0 Å². The second-order valence-corrected chi connectivity index (χ2v) is 3.57. The van der Waals surface area contributed by atoms with Gasteiger partial charge in [0.1, 0.15) is 0 Å². The SMILES string of the molecule is CN=C(NC)NC[C@@H](O)c1ccc([N+](=O)[O-])cc1. The molecule has 1 aromatic rings. The van der Waals surface area contributed by atoms with Gasteiger partial charge in [-0.15, -0.1) is 0 Å². The van der Waals surface area contributed by atoms with Crippen molar-refractivity contribution in [2.24, 2.45) is 4.99 Å². The minimum Gasteiger partial charge on any atom is -0.387 e. The monoisotopic (exact) mass is 252 g/mol. The van der Waals surface area contributed by atoms with Crippen molar-refractivity contribution in [2.75, 3.05) is 20.6 Å².